The summed E-state index contributed by atoms with van der Waals surface area (Å²) in [4.78, 5) is 29.5. The second-order valence-corrected chi connectivity index (χ2v) is 13.0. The normalized spacial score (nSPS) is 12.1. The third-order valence-electron chi connectivity index (χ3n) is 6.93. The Labute approximate surface area is 263 Å². The number of rotatable bonds is 13. The quantitative estimate of drug-likeness (QED) is 0.203. The van der Waals surface area contributed by atoms with E-state index in [0.717, 1.165) is 32.8 Å². The molecule has 1 N–H and O–H groups in total. The summed E-state index contributed by atoms with van der Waals surface area (Å²) in [5.74, 6) is -0.898. The molecule has 0 fully saturated rings. The van der Waals surface area contributed by atoms with Gasteiger partial charge in [0.15, 0.2) is 0 Å². The minimum atomic E-state index is -3.77. The van der Waals surface area contributed by atoms with Gasteiger partial charge in [-0.1, -0.05) is 114 Å². The van der Waals surface area contributed by atoms with Crippen LogP contribution < -0.4 is 5.32 Å². The molecule has 4 aromatic rings. The number of hydrogen-bond acceptors (Lipinski definition) is 4. The summed E-state index contributed by atoms with van der Waals surface area (Å²) in [7, 11) is -3.77. The van der Waals surface area contributed by atoms with Gasteiger partial charge in [-0.2, -0.15) is 4.31 Å². The third-order valence-corrected chi connectivity index (χ3v) is 8.75. The molecular weight excluding hydrogens is 605 g/mol. The van der Waals surface area contributed by atoms with Gasteiger partial charge >= 0.3 is 0 Å². The molecule has 1 atom stereocenters. The monoisotopic (exact) mass is 637 g/mol. The molecule has 0 aliphatic rings. The van der Waals surface area contributed by atoms with Gasteiger partial charge in [0.25, 0.3) is 0 Å². The molecule has 0 heterocycles. The average molecular weight is 639 g/mol. The molecule has 10 heteroatoms. The fourth-order valence-electron chi connectivity index (χ4n) is 4.60. The second kappa shape index (κ2) is 15.2. The molecule has 2 amide bonds. The van der Waals surface area contributed by atoms with Crippen molar-refractivity contribution in [2.45, 2.75) is 32.1 Å². The standard InChI is InChI=1S/C33H33Cl2N3O4S/c1-43(41,42)37(22-26-12-6-3-7-13-26)24-32(39)38(23-27-16-18-29(34)19-17-27)31(20-25-10-4-2-5-11-25)33(40)36-21-28-14-8-9-15-30(28)35/h2-19,31H,20-24H2,1H3,(H,36,40)/t31-/m0/s1. The summed E-state index contributed by atoms with van der Waals surface area (Å²) >= 11 is 12.4. The molecule has 43 heavy (non-hydrogen) atoms. The van der Waals surface area contributed by atoms with Gasteiger partial charge < -0.3 is 10.2 Å². The first kappa shape index (κ1) is 32.2. The Bertz CT molecular complexity index is 1620. The van der Waals surface area contributed by atoms with Crippen LogP contribution in [0.5, 0.6) is 0 Å². The summed E-state index contributed by atoms with van der Waals surface area (Å²) in [6, 6.07) is 31.7. The molecule has 0 aromatic heterocycles. The smallest absolute Gasteiger partial charge is 0.243 e. The van der Waals surface area contributed by atoms with Crippen molar-refractivity contribution in [2.24, 2.45) is 0 Å². The van der Waals surface area contributed by atoms with Gasteiger partial charge in [0, 0.05) is 36.1 Å². The van der Waals surface area contributed by atoms with Crippen LogP contribution in [0.3, 0.4) is 0 Å². The molecule has 0 aliphatic heterocycles. The predicted octanol–water partition coefficient (Wildman–Crippen LogP) is 5.71. The number of nitrogens with one attached hydrogen (secondary N) is 1. The fraction of sp³-hybridized carbons (Fsp3) is 0.212. The maximum absolute atomic E-state index is 14.1. The lowest BCUT2D eigenvalue weighted by atomic mass is 10.0. The van der Waals surface area contributed by atoms with Crippen LogP contribution >= 0.6 is 23.2 Å². The molecule has 7 nitrogen and oxygen atoms in total. The molecule has 0 unspecified atom stereocenters. The lowest BCUT2D eigenvalue weighted by Gasteiger charge is -2.33. The van der Waals surface area contributed by atoms with E-state index < -0.39 is 28.5 Å². The number of carbonyl (C=O) groups excluding carboxylic acids is 2. The van der Waals surface area contributed by atoms with Gasteiger partial charge in [0.1, 0.15) is 6.04 Å². The fourth-order valence-corrected chi connectivity index (χ4v) is 5.66. The molecule has 0 spiro atoms. The van der Waals surface area contributed by atoms with Crippen molar-refractivity contribution in [3.63, 3.8) is 0 Å². The summed E-state index contributed by atoms with van der Waals surface area (Å²) in [6.07, 6.45) is 1.29. The van der Waals surface area contributed by atoms with Crippen molar-refractivity contribution in [1.29, 1.82) is 0 Å². The maximum Gasteiger partial charge on any atom is 0.243 e. The summed E-state index contributed by atoms with van der Waals surface area (Å²) in [6.45, 7) is -0.196. The minimum Gasteiger partial charge on any atom is -0.350 e. The zero-order valence-corrected chi connectivity index (χ0v) is 26.0. The lowest BCUT2D eigenvalue weighted by Crippen LogP contribution is -2.53. The Hall–Kier alpha value is -3.69. The number of hydrogen-bond donors (Lipinski definition) is 1. The van der Waals surface area contributed by atoms with Gasteiger partial charge in [-0.3, -0.25) is 9.59 Å². The van der Waals surface area contributed by atoms with Crippen LogP contribution in [0.25, 0.3) is 0 Å². The number of halogens is 2. The van der Waals surface area contributed by atoms with Crippen molar-refractivity contribution < 1.29 is 18.0 Å². The SMILES string of the molecule is CS(=O)(=O)N(CC(=O)N(Cc1ccc(Cl)cc1)[C@@H](Cc1ccccc1)C(=O)NCc1ccccc1Cl)Cc1ccccc1. The van der Waals surface area contributed by atoms with Crippen molar-refractivity contribution in [2.75, 3.05) is 12.8 Å². The first-order chi connectivity index (χ1) is 20.6. The van der Waals surface area contributed by atoms with Crippen molar-refractivity contribution in [3.05, 3.63) is 141 Å². The van der Waals surface area contributed by atoms with Crippen LogP contribution in [-0.4, -0.2) is 48.3 Å². The highest BCUT2D eigenvalue weighted by Crippen LogP contribution is 2.19. The van der Waals surface area contributed by atoms with Crippen molar-refractivity contribution >= 4 is 45.0 Å². The highest BCUT2D eigenvalue weighted by Gasteiger charge is 2.33. The first-order valence-corrected chi connectivity index (χ1v) is 16.3. The summed E-state index contributed by atoms with van der Waals surface area (Å²) in [5.41, 5.74) is 3.06. The Morgan fingerprint density at radius 1 is 0.744 bits per heavy atom. The van der Waals surface area contributed by atoms with Gasteiger partial charge in [-0.15, -0.1) is 0 Å². The van der Waals surface area contributed by atoms with E-state index in [1.807, 2.05) is 60.7 Å². The lowest BCUT2D eigenvalue weighted by molar-refractivity contribution is -0.141. The third kappa shape index (κ3) is 9.66. The molecule has 4 rings (SSSR count). The topological polar surface area (TPSA) is 86.8 Å². The summed E-state index contributed by atoms with van der Waals surface area (Å²) in [5, 5.41) is 3.99. The number of benzene rings is 4. The molecule has 0 saturated heterocycles. The van der Waals surface area contributed by atoms with Crippen LogP contribution in [0.4, 0.5) is 0 Å². The summed E-state index contributed by atoms with van der Waals surface area (Å²) < 4.78 is 26.8. The minimum absolute atomic E-state index is 0.0161. The van der Waals surface area contributed by atoms with E-state index in [2.05, 4.69) is 5.32 Å². The highest BCUT2D eigenvalue weighted by atomic mass is 35.5. The van der Waals surface area contributed by atoms with Crippen LogP contribution in [-0.2, 0) is 45.7 Å². The number of amides is 2. The van der Waals surface area contributed by atoms with Crippen LogP contribution in [0, 0.1) is 0 Å². The molecule has 0 radical (unpaired) electrons. The van der Waals surface area contributed by atoms with Gasteiger partial charge in [0.2, 0.25) is 21.8 Å². The zero-order chi connectivity index (χ0) is 30.8. The van der Waals surface area contributed by atoms with E-state index in [4.69, 9.17) is 23.2 Å². The largest absolute Gasteiger partial charge is 0.350 e. The Balaban J connectivity index is 1.68. The molecule has 224 valence electrons. The molecule has 4 aromatic carbocycles. The van der Waals surface area contributed by atoms with E-state index >= 15 is 0 Å². The van der Waals surface area contributed by atoms with Crippen LogP contribution in [0.2, 0.25) is 10.0 Å². The van der Waals surface area contributed by atoms with Gasteiger partial charge in [-0.05, 0) is 40.5 Å². The molecular formula is C33H33Cl2N3O4S. The van der Waals surface area contributed by atoms with Crippen molar-refractivity contribution in [1.82, 2.24) is 14.5 Å². The molecule has 0 aliphatic carbocycles. The van der Waals surface area contributed by atoms with E-state index in [1.54, 1.807) is 48.5 Å². The maximum atomic E-state index is 14.1. The van der Waals surface area contributed by atoms with Crippen LogP contribution in [0.1, 0.15) is 22.3 Å². The van der Waals surface area contributed by atoms with E-state index in [1.165, 1.54) is 4.90 Å². The Kier molecular flexibility index (Phi) is 11.4. The van der Waals surface area contributed by atoms with Gasteiger partial charge in [0.05, 0.1) is 12.8 Å². The zero-order valence-electron chi connectivity index (χ0n) is 23.7. The first-order valence-electron chi connectivity index (χ1n) is 13.7. The van der Waals surface area contributed by atoms with E-state index in [-0.39, 0.29) is 32.0 Å². The Morgan fingerprint density at radius 2 is 1.30 bits per heavy atom. The molecule has 0 saturated carbocycles. The molecule has 0 bridgehead atoms. The van der Waals surface area contributed by atoms with E-state index in [9.17, 15) is 18.0 Å². The number of carbonyl (C=O) groups is 2. The van der Waals surface area contributed by atoms with E-state index in [0.29, 0.717) is 10.0 Å². The van der Waals surface area contributed by atoms with Crippen LogP contribution in [0.15, 0.2) is 109 Å². The second-order valence-electron chi connectivity index (χ2n) is 10.2. The predicted molar refractivity (Wildman–Crippen MR) is 171 cm³/mol. The van der Waals surface area contributed by atoms with Crippen molar-refractivity contribution in [3.8, 4) is 0 Å². The number of nitrogens with zero attached hydrogens (tertiary/aromatic N) is 2. The average Bonchev–Trinajstić information content (AvgIpc) is 2.99. The highest BCUT2D eigenvalue weighted by molar-refractivity contribution is 7.88. The Morgan fingerprint density at radius 3 is 1.91 bits per heavy atom. The number of sulfonamides is 1. The van der Waals surface area contributed by atoms with Gasteiger partial charge in [-0.25, -0.2) is 8.42 Å².